The highest BCUT2D eigenvalue weighted by Gasteiger charge is 2.17. The minimum absolute atomic E-state index is 0.0793. The first kappa shape index (κ1) is 12.1. The van der Waals surface area contributed by atoms with Gasteiger partial charge in [-0.05, 0) is 17.9 Å². The van der Waals surface area contributed by atoms with E-state index in [9.17, 15) is 9.59 Å². The summed E-state index contributed by atoms with van der Waals surface area (Å²) >= 11 is 5.09. The van der Waals surface area contributed by atoms with Crippen molar-refractivity contribution in [1.29, 1.82) is 0 Å². The highest BCUT2D eigenvalue weighted by Crippen LogP contribution is 2.28. The summed E-state index contributed by atoms with van der Waals surface area (Å²) in [4.78, 5) is 22.9. The summed E-state index contributed by atoms with van der Waals surface area (Å²) in [5, 5.41) is 4.41. The molecule has 1 heterocycles. The van der Waals surface area contributed by atoms with Crippen LogP contribution in [0.4, 0.5) is 5.69 Å². The van der Waals surface area contributed by atoms with Gasteiger partial charge in [0.15, 0.2) is 0 Å². The summed E-state index contributed by atoms with van der Waals surface area (Å²) in [6.45, 7) is 1.82. The van der Waals surface area contributed by atoms with Crippen molar-refractivity contribution in [2.45, 2.75) is 6.92 Å². The number of carbonyl (C=O) groups is 2. The Bertz CT molecular complexity index is 387. The first-order valence-corrected chi connectivity index (χ1v) is 5.68. The number of hydrogen-bond donors (Lipinski definition) is 2. The molecule has 0 bridgehead atoms. The van der Waals surface area contributed by atoms with Gasteiger partial charge in [-0.15, -0.1) is 11.3 Å². The summed E-state index contributed by atoms with van der Waals surface area (Å²) in [5.74, 6) is -0.608. The smallest absolute Gasteiger partial charge is 0.350 e. The van der Waals surface area contributed by atoms with Crippen LogP contribution in [0.5, 0.6) is 0 Å². The van der Waals surface area contributed by atoms with Crippen molar-refractivity contribution >= 4 is 41.5 Å². The van der Waals surface area contributed by atoms with E-state index in [-0.39, 0.29) is 11.7 Å². The predicted molar refractivity (Wildman–Crippen MR) is 62.9 cm³/mol. The lowest BCUT2D eigenvalue weighted by atomic mass is 10.2. The van der Waals surface area contributed by atoms with Crippen LogP contribution < -0.4 is 5.32 Å². The average molecular weight is 245 g/mol. The molecule has 1 aromatic heterocycles. The number of carbonyl (C=O) groups excluding carboxylic acids is 2. The molecule has 0 fully saturated rings. The second-order valence-corrected chi connectivity index (χ2v) is 4.02. The molecule has 1 amide bonds. The SMILES string of the molecule is COC(=O)c1scc(C)c1NC(=O)CS. The van der Waals surface area contributed by atoms with Gasteiger partial charge in [0.2, 0.25) is 5.91 Å². The molecule has 1 N–H and O–H groups in total. The lowest BCUT2D eigenvalue weighted by molar-refractivity contribution is -0.113. The third-order valence-corrected chi connectivity index (χ3v) is 3.12. The first-order valence-electron chi connectivity index (χ1n) is 4.17. The summed E-state index contributed by atoms with van der Waals surface area (Å²) < 4.78 is 4.61. The zero-order valence-electron chi connectivity index (χ0n) is 8.36. The first-order chi connectivity index (χ1) is 7.10. The molecule has 1 aromatic rings. The molecule has 0 aliphatic carbocycles. The van der Waals surface area contributed by atoms with E-state index in [1.54, 1.807) is 5.38 Å². The van der Waals surface area contributed by atoms with Gasteiger partial charge in [-0.2, -0.15) is 12.6 Å². The molecule has 0 aromatic carbocycles. The van der Waals surface area contributed by atoms with Crippen molar-refractivity contribution in [2.24, 2.45) is 0 Å². The van der Waals surface area contributed by atoms with Crippen LogP contribution in [-0.4, -0.2) is 24.7 Å². The molecule has 0 saturated carbocycles. The minimum Gasteiger partial charge on any atom is -0.465 e. The third-order valence-electron chi connectivity index (χ3n) is 1.75. The van der Waals surface area contributed by atoms with Gasteiger partial charge in [0.1, 0.15) is 4.88 Å². The number of aryl methyl sites for hydroxylation is 1. The maximum atomic E-state index is 11.3. The van der Waals surface area contributed by atoms with Crippen LogP contribution in [0, 0.1) is 6.92 Å². The quantitative estimate of drug-likeness (QED) is 0.629. The van der Waals surface area contributed by atoms with Gasteiger partial charge in [-0.3, -0.25) is 4.79 Å². The molecule has 0 spiro atoms. The molecule has 1 rings (SSSR count). The second-order valence-electron chi connectivity index (χ2n) is 2.82. The highest BCUT2D eigenvalue weighted by molar-refractivity contribution is 7.81. The van der Waals surface area contributed by atoms with E-state index in [2.05, 4.69) is 22.7 Å². The summed E-state index contributed by atoms with van der Waals surface area (Å²) in [7, 11) is 1.31. The molecule has 0 radical (unpaired) electrons. The normalized spacial score (nSPS) is 9.80. The molecule has 0 unspecified atom stereocenters. The van der Waals surface area contributed by atoms with Gasteiger partial charge >= 0.3 is 5.97 Å². The van der Waals surface area contributed by atoms with Crippen molar-refractivity contribution in [3.8, 4) is 0 Å². The molecule has 0 saturated heterocycles. The Morgan fingerprint density at radius 1 is 1.60 bits per heavy atom. The lowest BCUT2D eigenvalue weighted by Crippen LogP contribution is -2.15. The zero-order valence-corrected chi connectivity index (χ0v) is 10.1. The Kier molecular flexibility index (Phi) is 4.16. The van der Waals surface area contributed by atoms with E-state index in [0.717, 1.165) is 5.56 Å². The molecule has 6 heteroatoms. The summed E-state index contributed by atoms with van der Waals surface area (Å²) in [5.41, 5.74) is 1.36. The fourth-order valence-electron chi connectivity index (χ4n) is 1.02. The van der Waals surface area contributed by atoms with Gasteiger partial charge < -0.3 is 10.1 Å². The monoisotopic (exact) mass is 245 g/mol. The fourth-order valence-corrected chi connectivity index (χ4v) is 2.02. The Morgan fingerprint density at radius 3 is 2.80 bits per heavy atom. The number of thiol groups is 1. The highest BCUT2D eigenvalue weighted by atomic mass is 32.1. The fraction of sp³-hybridized carbons (Fsp3) is 0.333. The van der Waals surface area contributed by atoms with Crippen molar-refractivity contribution in [3.05, 3.63) is 15.8 Å². The Morgan fingerprint density at radius 2 is 2.27 bits per heavy atom. The number of methoxy groups -OCH3 is 1. The molecule has 0 atom stereocenters. The van der Waals surface area contributed by atoms with Crippen molar-refractivity contribution in [1.82, 2.24) is 0 Å². The van der Waals surface area contributed by atoms with Crippen molar-refractivity contribution in [3.63, 3.8) is 0 Å². The van der Waals surface area contributed by atoms with Crippen molar-refractivity contribution < 1.29 is 14.3 Å². The van der Waals surface area contributed by atoms with Gasteiger partial charge in [0.25, 0.3) is 0 Å². The van der Waals surface area contributed by atoms with Crippen molar-refractivity contribution in [2.75, 3.05) is 18.2 Å². The van der Waals surface area contributed by atoms with Crippen LogP contribution in [0.25, 0.3) is 0 Å². The number of esters is 1. The van der Waals surface area contributed by atoms with Gasteiger partial charge in [-0.1, -0.05) is 0 Å². The van der Waals surface area contributed by atoms with Gasteiger partial charge in [-0.25, -0.2) is 4.79 Å². The maximum Gasteiger partial charge on any atom is 0.350 e. The van der Waals surface area contributed by atoms with Gasteiger partial charge in [0.05, 0.1) is 18.6 Å². The Hall–Kier alpha value is -1.01. The number of thiophene rings is 1. The minimum atomic E-state index is -0.442. The molecule has 82 valence electrons. The molecular formula is C9H11NO3S2. The summed E-state index contributed by atoms with van der Waals surface area (Å²) in [6.07, 6.45) is 0. The average Bonchev–Trinajstić information content (AvgIpc) is 2.59. The molecule has 0 aliphatic heterocycles. The second kappa shape index (κ2) is 5.18. The third kappa shape index (κ3) is 2.73. The standard InChI is InChI=1S/C9H11NO3S2/c1-5-4-15-8(9(12)13-2)7(5)10-6(11)3-14/h4,14H,3H2,1-2H3,(H,10,11). The molecule has 15 heavy (non-hydrogen) atoms. The number of rotatable bonds is 3. The van der Waals surface area contributed by atoms with Gasteiger partial charge in [0, 0.05) is 0 Å². The van der Waals surface area contributed by atoms with E-state index < -0.39 is 5.97 Å². The largest absolute Gasteiger partial charge is 0.465 e. The van der Waals surface area contributed by atoms with E-state index in [1.807, 2.05) is 6.92 Å². The molecule has 0 aliphatic rings. The Labute approximate surface area is 97.0 Å². The van der Waals surface area contributed by atoms with Crippen LogP contribution in [0.15, 0.2) is 5.38 Å². The predicted octanol–water partition coefficient (Wildman–Crippen LogP) is 1.71. The molecule has 4 nitrogen and oxygen atoms in total. The van der Waals surface area contributed by atoms with Crippen LogP contribution in [-0.2, 0) is 9.53 Å². The van der Waals surface area contributed by atoms with Crippen LogP contribution in [0.3, 0.4) is 0 Å². The van der Waals surface area contributed by atoms with E-state index in [0.29, 0.717) is 10.6 Å². The van der Waals surface area contributed by atoms with E-state index in [4.69, 9.17) is 0 Å². The number of ether oxygens (including phenoxy) is 1. The zero-order chi connectivity index (χ0) is 11.4. The topological polar surface area (TPSA) is 55.4 Å². The maximum absolute atomic E-state index is 11.3. The number of hydrogen-bond acceptors (Lipinski definition) is 5. The van der Waals surface area contributed by atoms with E-state index >= 15 is 0 Å². The molecular weight excluding hydrogens is 234 g/mol. The van der Waals surface area contributed by atoms with Crippen LogP contribution in [0.2, 0.25) is 0 Å². The summed E-state index contributed by atoms with van der Waals surface area (Å²) in [6, 6.07) is 0. The lowest BCUT2D eigenvalue weighted by Gasteiger charge is -2.05. The Balaban J connectivity index is 2.99. The van der Waals surface area contributed by atoms with Crippen LogP contribution >= 0.6 is 24.0 Å². The number of nitrogens with one attached hydrogen (secondary N) is 1. The number of anilines is 1. The van der Waals surface area contributed by atoms with E-state index in [1.165, 1.54) is 18.4 Å². The van der Waals surface area contributed by atoms with Crippen LogP contribution in [0.1, 0.15) is 15.2 Å². The number of amides is 1.